The average molecular weight is 213 g/mol. The van der Waals surface area contributed by atoms with Crippen LogP contribution in [0.2, 0.25) is 0 Å². The molecule has 2 heteroatoms. The standard InChI is InChI=1S/C9H10N.C2H6.V/c1-3-8-4-6-9(10-2)7-5-8;1-2;/h3-6,10H,1H2,2H3;1-2H3;/q-1;;. The van der Waals surface area contributed by atoms with Gasteiger partial charge in [0.2, 0.25) is 0 Å². The van der Waals surface area contributed by atoms with Crippen molar-refractivity contribution >= 4 is 11.8 Å². The molecule has 13 heavy (non-hydrogen) atoms. The number of nitrogens with one attached hydrogen (secondary N) is 1. The smallest absolute Gasteiger partial charge is 0.00121 e. The first kappa shape index (κ1) is 14.8. The van der Waals surface area contributed by atoms with Gasteiger partial charge in [-0.2, -0.15) is 18.2 Å². The molecule has 1 aromatic carbocycles. The van der Waals surface area contributed by atoms with Crippen molar-refractivity contribution in [1.82, 2.24) is 0 Å². The van der Waals surface area contributed by atoms with Gasteiger partial charge < -0.3 is 5.32 Å². The Hall–Kier alpha value is -0.656. The minimum Gasteiger partial charge on any atom is -0.410 e. The van der Waals surface area contributed by atoms with E-state index in [1.807, 2.05) is 39.1 Å². The maximum atomic E-state index is 3.65. The van der Waals surface area contributed by atoms with Gasteiger partial charge in [-0.1, -0.05) is 19.5 Å². The van der Waals surface area contributed by atoms with Gasteiger partial charge in [-0.3, -0.25) is 0 Å². The molecule has 0 fully saturated rings. The van der Waals surface area contributed by atoms with Crippen LogP contribution in [0.1, 0.15) is 19.4 Å². The third-order valence-electron chi connectivity index (χ3n) is 1.34. The van der Waals surface area contributed by atoms with E-state index in [0.29, 0.717) is 0 Å². The van der Waals surface area contributed by atoms with E-state index in [-0.39, 0.29) is 18.6 Å². The van der Waals surface area contributed by atoms with Gasteiger partial charge in [0.25, 0.3) is 0 Å². The zero-order valence-corrected chi connectivity index (χ0v) is 9.86. The summed E-state index contributed by atoms with van der Waals surface area (Å²) < 4.78 is 0. The van der Waals surface area contributed by atoms with E-state index >= 15 is 0 Å². The molecule has 0 amide bonds. The van der Waals surface area contributed by atoms with Gasteiger partial charge in [0.05, 0.1) is 0 Å². The van der Waals surface area contributed by atoms with E-state index in [4.69, 9.17) is 0 Å². The molecule has 0 aliphatic carbocycles. The van der Waals surface area contributed by atoms with Crippen LogP contribution in [0.3, 0.4) is 0 Å². The summed E-state index contributed by atoms with van der Waals surface area (Å²) in [5.41, 5.74) is 2.10. The maximum Gasteiger partial charge on any atom is 0.00121 e. The Morgan fingerprint density at radius 1 is 1.38 bits per heavy atom. The second-order valence-electron chi connectivity index (χ2n) is 1.99. The van der Waals surface area contributed by atoms with Crippen molar-refractivity contribution in [2.45, 2.75) is 13.8 Å². The zero-order chi connectivity index (χ0) is 9.40. The number of hydrogen-bond donors (Lipinski definition) is 1. The minimum absolute atomic E-state index is 0. The maximum absolute atomic E-state index is 3.65. The second kappa shape index (κ2) is 9.43. The minimum atomic E-state index is 0. The van der Waals surface area contributed by atoms with Gasteiger partial charge in [-0.25, -0.2) is 0 Å². The zero-order valence-electron chi connectivity index (χ0n) is 8.46. The summed E-state index contributed by atoms with van der Waals surface area (Å²) >= 11 is 0. The van der Waals surface area contributed by atoms with Crippen molar-refractivity contribution in [2.75, 3.05) is 12.4 Å². The second-order valence-corrected chi connectivity index (χ2v) is 1.99. The summed E-state index contributed by atoms with van der Waals surface area (Å²) in [5.74, 6) is 0. The molecule has 0 heterocycles. The topological polar surface area (TPSA) is 12.0 Å². The molecule has 0 saturated heterocycles. The van der Waals surface area contributed by atoms with Crippen LogP contribution in [0.15, 0.2) is 24.8 Å². The number of benzene rings is 1. The van der Waals surface area contributed by atoms with Crippen molar-refractivity contribution in [3.8, 4) is 0 Å². The molecule has 1 nitrogen and oxygen atoms in total. The summed E-state index contributed by atoms with van der Waals surface area (Å²) in [6.07, 6.45) is 1.80. The fourth-order valence-electron chi connectivity index (χ4n) is 0.719. The molecule has 1 N–H and O–H groups in total. The van der Waals surface area contributed by atoms with E-state index in [0.717, 1.165) is 11.3 Å². The van der Waals surface area contributed by atoms with Crippen molar-refractivity contribution in [1.29, 1.82) is 0 Å². The Kier molecular flexibility index (Phi) is 10.8. The molecule has 1 radical (unpaired) electrons. The third kappa shape index (κ3) is 5.56. The summed E-state index contributed by atoms with van der Waals surface area (Å²) in [7, 11) is 1.87. The van der Waals surface area contributed by atoms with Gasteiger partial charge in [0, 0.05) is 25.6 Å². The molecular weight excluding hydrogens is 197 g/mol. The third-order valence-corrected chi connectivity index (χ3v) is 1.34. The van der Waals surface area contributed by atoms with E-state index in [1.54, 1.807) is 6.08 Å². The molecule has 0 aliphatic heterocycles. The van der Waals surface area contributed by atoms with Crippen LogP contribution in [0.4, 0.5) is 5.69 Å². The Labute approximate surface area is 93.1 Å². The Bertz CT molecular complexity index is 216. The molecule has 0 bridgehead atoms. The number of hydrogen-bond acceptors (Lipinski definition) is 1. The normalized spacial score (nSPS) is 7.31. The largest absolute Gasteiger partial charge is 0.410 e. The van der Waals surface area contributed by atoms with Crippen LogP contribution >= 0.6 is 0 Å². The first-order valence-corrected chi connectivity index (χ1v) is 4.18. The van der Waals surface area contributed by atoms with Crippen LogP contribution < -0.4 is 5.32 Å². The molecule has 1 rings (SSSR count). The fraction of sp³-hybridized carbons (Fsp3) is 0.273. The molecule has 71 valence electrons. The van der Waals surface area contributed by atoms with Crippen LogP contribution in [0.5, 0.6) is 0 Å². The Balaban J connectivity index is 0. The van der Waals surface area contributed by atoms with E-state index in [9.17, 15) is 0 Å². The van der Waals surface area contributed by atoms with Crippen molar-refractivity contribution in [3.63, 3.8) is 0 Å². The molecule has 0 spiro atoms. The predicted molar refractivity (Wildman–Crippen MR) is 56.3 cm³/mol. The summed E-state index contributed by atoms with van der Waals surface area (Å²) in [5, 5.41) is 2.99. The Morgan fingerprint density at radius 3 is 2.31 bits per heavy atom. The van der Waals surface area contributed by atoms with E-state index in [1.165, 1.54) is 0 Å². The van der Waals surface area contributed by atoms with Gasteiger partial charge in [-0.05, 0) is 0 Å². The average Bonchev–Trinajstić information content (AvgIpc) is 2.21. The number of rotatable bonds is 2. The molecular formula is C11H16NV-. The molecule has 0 aromatic heterocycles. The number of anilines is 1. The van der Waals surface area contributed by atoms with Gasteiger partial charge in [-0.15, -0.1) is 24.3 Å². The summed E-state index contributed by atoms with van der Waals surface area (Å²) in [6, 6.07) is 8.92. The van der Waals surface area contributed by atoms with Crippen molar-refractivity contribution < 1.29 is 18.6 Å². The first-order chi connectivity index (χ1) is 5.86. The summed E-state index contributed by atoms with van der Waals surface area (Å²) in [4.78, 5) is 0. The van der Waals surface area contributed by atoms with Gasteiger partial charge in [0.15, 0.2) is 0 Å². The van der Waals surface area contributed by atoms with Crippen molar-refractivity contribution in [3.05, 3.63) is 36.4 Å². The van der Waals surface area contributed by atoms with Crippen LogP contribution in [-0.2, 0) is 18.6 Å². The SMILES string of the molecule is C=Cc1c[c-]c(NC)cc1.CC.[V]. The predicted octanol–water partition coefficient (Wildman–Crippen LogP) is 3.20. The van der Waals surface area contributed by atoms with E-state index < -0.39 is 0 Å². The Morgan fingerprint density at radius 2 is 2.00 bits per heavy atom. The van der Waals surface area contributed by atoms with E-state index in [2.05, 4.69) is 18.0 Å². The molecule has 1 aromatic rings. The van der Waals surface area contributed by atoms with Crippen LogP contribution in [-0.4, -0.2) is 7.05 Å². The monoisotopic (exact) mass is 213 g/mol. The van der Waals surface area contributed by atoms with Gasteiger partial charge in [0.1, 0.15) is 0 Å². The van der Waals surface area contributed by atoms with Crippen LogP contribution in [0, 0.1) is 6.07 Å². The molecule has 0 saturated carbocycles. The van der Waals surface area contributed by atoms with Crippen LogP contribution in [0.25, 0.3) is 6.08 Å². The molecule has 0 atom stereocenters. The summed E-state index contributed by atoms with van der Waals surface area (Å²) in [6.45, 7) is 7.65. The van der Waals surface area contributed by atoms with Gasteiger partial charge >= 0.3 is 0 Å². The fourth-order valence-corrected chi connectivity index (χ4v) is 0.719. The molecule has 0 aliphatic rings. The quantitative estimate of drug-likeness (QED) is 0.744. The first-order valence-electron chi connectivity index (χ1n) is 4.18. The van der Waals surface area contributed by atoms with Crippen molar-refractivity contribution in [2.24, 2.45) is 0 Å². The molecule has 0 unspecified atom stereocenters.